The summed E-state index contributed by atoms with van der Waals surface area (Å²) in [6, 6.07) is -0.780. The molecule has 9 nitrogen and oxygen atoms in total. The van der Waals surface area contributed by atoms with Gasteiger partial charge in [0.25, 0.3) is 5.91 Å². The van der Waals surface area contributed by atoms with Crippen LogP contribution in [0, 0.1) is 11.8 Å². The zero-order valence-corrected chi connectivity index (χ0v) is 14.8. The number of carbonyl (C=O) groups is 5. The number of esters is 1. The van der Waals surface area contributed by atoms with Crippen LogP contribution in [0.1, 0.15) is 33.1 Å². The van der Waals surface area contributed by atoms with E-state index in [1.165, 1.54) is 0 Å². The molecule has 1 saturated heterocycles. The lowest BCUT2D eigenvalue weighted by Crippen LogP contribution is -2.45. The number of hydrogen-bond acceptors (Lipinski definition) is 6. The Hall–Kier alpha value is -2.71. The molecule has 0 bridgehead atoms. The highest BCUT2D eigenvalue weighted by molar-refractivity contribution is 6.07. The number of urea groups is 1. The van der Waals surface area contributed by atoms with E-state index >= 15 is 0 Å². The first-order valence-electron chi connectivity index (χ1n) is 8.59. The van der Waals surface area contributed by atoms with E-state index in [-0.39, 0.29) is 6.04 Å². The first kappa shape index (κ1) is 19.6. The molecule has 3 atom stereocenters. The van der Waals surface area contributed by atoms with Crippen molar-refractivity contribution in [3.05, 3.63) is 12.2 Å². The van der Waals surface area contributed by atoms with Crippen molar-refractivity contribution >= 4 is 29.7 Å². The minimum absolute atomic E-state index is 0.101. The van der Waals surface area contributed by atoms with Crippen molar-refractivity contribution in [1.82, 2.24) is 15.5 Å². The van der Waals surface area contributed by atoms with E-state index in [0.717, 1.165) is 4.90 Å². The molecule has 0 aromatic carbocycles. The summed E-state index contributed by atoms with van der Waals surface area (Å²) in [5.74, 6) is -3.30. The van der Waals surface area contributed by atoms with E-state index in [4.69, 9.17) is 4.74 Å². The summed E-state index contributed by atoms with van der Waals surface area (Å²) in [6.07, 6.45) is 5.36. The predicted molar refractivity (Wildman–Crippen MR) is 89.5 cm³/mol. The first-order valence-corrected chi connectivity index (χ1v) is 8.59. The lowest BCUT2D eigenvalue weighted by Gasteiger charge is -2.14. The van der Waals surface area contributed by atoms with Crippen molar-refractivity contribution in [2.24, 2.45) is 11.8 Å². The van der Waals surface area contributed by atoms with Crippen LogP contribution < -0.4 is 10.6 Å². The Morgan fingerprint density at radius 2 is 1.77 bits per heavy atom. The van der Waals surface area contributed by atoms with Crippen LogP contribution in [0.4, 0.5) is 4.79 Å². The molecular weight excluding hydrogens is 342 g/mol. The second-order valence-corrected chi connectivity index (χ2v) is 6.41. The fraction of sp³-hybridized carbons (Fsp3) is 0.588. The summed E-state index contributed by atoms with van der Waals surface area (Å²) in [5, 5.41) is 4.56. The number of hydrogen-bond donors (Lipinski definition) is 2. The topological polar surface area (TPSA) is 122 Å². The highest BCUT2D eigenvalue weighted by atomic mass is 16.5. The SMILES string of the molecule is CC[C@@H](C)NC(=O)NC(=O)COC(=O)CN1C(=O)[C@H]2CC=CC[C@@H]2C1=O. The van der Waals surface area contributed by atoms with Crippen LogP contribution in [0.15, 0.2) is 12.2 Å². The Kier molecular flexibility index (Phi) is 6.48. The molecule has 1 fully saturated rings. The van der Waals surface area contributed by atoms with Gasteiger partial charge in [-0.2, -0.15) is 0 Å². The average Bonchev–Trinajstić information content (AvgIpc) is 2.85. The lowest BCUT2D eigenvalue weighted by molar-refractivity contribution is -0.154. The Labute approximate surface area is 151 Å². The number of imide groups is 2. The monoisotopic (exact) mass is 365 g/mol. The lowest BCUT2D eigenvalue weighted by atomic mass is 9.85. The van der Waals surface area contributed by atoms with Crippen LogP contribution in [-0.4, -0.2) is 53.8 Å². The van der Waals surface area contributed by atoms with Crippen LogP contribution in [0.5, 0.6) is 0 Å². The van der Waals surface area contributed by atoms with E-state index in [2.05, 4.69) is 5.32 Å². The Morgan fingerprint density at radius 3 is 2.31 bits per heavy atom. The Bertz CT molecular complexity index is 618. The number of allylic oxidation sites excluding steroid dienone is 2. The molecule has 0 saturated carbocycles. The molecule has 1 heterocycles. The van der Waals surface area contributed by atoms with Gasteiger partial charge in [-0.15, -0.1) is 0 Å². The maximum Gasteiger partial charge on any atom is 0.326 e. The van der Waals surface area contributed by atoms with Crippen molar-refractivity contribution in [1.29, 1.82) is 0 Å². The van der Waals surface area contributed by atoms with Gasteiger partial charge in [-0.05, 0) is 26.2 Å². The number of likely N-dealkylation sites (tertiary alicyclic amines) is 1. The molecule has 0 aromatic heterocycles. The number of ether oxygens (including phenoxy) is 1. The fourth-order valence-electron chi connectivity index (χ4n) is 2.87. The van der Waals surface area contributed by atoms with Crippen LogP contribution in [0.25, 0.3) is 0 Å². The van der Waals surface area contributed by atoms with Crippen molar-refractivity contribution in [3.63, 3.8) is 0 Å². The van der Waals surface area contributed by atoms with Crippen molar-refractivity contribution in [2.45, 2.75) is 39.2 Å². The van der Waals surface area contributed by atoms with Crippen LogP contribution in [0.2, 0.25) is 0 Å². The normalized spacial score (nSPS) is 22.6. The van der Waals surface area contributed by atoms with Gasteiger partial charge < -0.3 is 10.1 Å². The summed E-state index contributed by atoms with van der Waals surface area (Å²) < 4.78 is 4.76. The number of nitrogens with zero attached hydrogens (tertiary/aromatic N) is 1. The van der Waals surface area contributed by atoms with E-state index < -0.39 is 54.7 Å². The summed E-state index contributed by atoms with van der Waals surface area (Å²) in [4.78, 5) is 60.3. The van der Waals surface area contributed by atoms with Gasteiger partial charge in [0.05, 0.1) is 11.8 Å². The first-order chi connectivity index (χ1) is 12.3. The second kappa shape index (κ2) is 8.59. The minimum atomic E-state index is -0.879. The van der Waals surface area contributed by atoms with Gasteiger partial charge in [0.2, 0.25) is 11.8 Å². The molecule has 142 valence electrons. The Balaban J connectivity index is 1.77. The van der Waals surface area contributed by atoms with Crippen LogP contribution in [-0.2, 0) is 23.9 Å². The molecule has 2 rings (SSSR count). The Morgan fingerprint density at radius 1 is 1.19 bits per heavy atom. The smallest absolute Gasteiger partial charge is 0.326 e. The van der Waals surface area contributed by atoms with Gasteiger partial charge in [0.1, 0.15) is 6.54 Å². The van der Waals surface area contributed by atoms with E-state index in [1.807, 2.05) is 24.4 Å². The molecule has 1 aliphatic carbocycles. The molecule has 0 spiro atoms. The molecule has 9 heteroatoms. The molecule has 5 amide bonds. The van der Waals surface area contributed by atoms with Gasteiger partial charge in [0, 0.05) is 6.04 Å². The molecule has 2 aliphatic rings. The van der Waals surface area contributed by atoms with Crippen LogP contribution in [0.3, 0.4) is 0 Å². The van der Waals surface area contributed by atoms with Gasteiger partial charge in [-0.1, -0.05) is 19.1 Å². The third-order valence-electron chi connectivity index (χ3n) is 4.49. The number of carbonyl (C=O) groups excluding carboxylic acids is 5. The summed E-state index contributed by atoms with van der Waals surface area (Å²) >= 11 is 0. The number of amides is 5. The van der Waals surface area contributed by atoms with Crippen molar-refractivity contribution in [2.75, 3.05) is 13.2 Å². The van der Waals surface area contributed by atoms with Gasteiger partial charge in [-0.25, -0.2) is 4.79 Å². The molecule has 0 aromatic rings. The maximum absolute atomic E-state index is 12.2. The third-order valence-corrected chi connectivity index (χ3v) is 4.49. The quantitative estimate of drug-likeness (QED) is 0.391. The zero-order chi connectivity index (χ0) is 19.3. The molecule has 26 heavy (non-hydrogen) atoms. The second-order valence-electron chi connectivity index (χ2n) is 6.41. The molecule has 0 radical (unpaired) electrons. The van der Waals surface area contributed by atoms with Crippen molar-refractivity contribution < 1.29 is 28.7 Å². The number of rotatable bonds is 6. The summed E-state index contributed by atoms with van der Waals surface area (Å²) in [7, 11) is 0. The highest BCUT2D eigenvalue weighted by Gasteiger charge is 2.47. The average molecular weight is 365 g/mol. The van der Waals surface area contributed by atoms with E-state index in [0.29, 0.717) is 19.3 Å². The highest BCUT2D eigenvalue weighted by Crippen LogP contribution is 2.34. The molecular formula is C17H23N3O6. The maximum atomic E-state index is 12.2. The standard InChI is InChI=1S/C17H23N3O6/c1-3-10(2)18-17(25)19-13(21)9-26-14(22)8-20-15(23)11-6-4-5-7-12(11)16(20)24/h4-5,10-12H,3,6-9H2,1-2H3,(H2,18,19,21,25)/t10-,11+,12+/m1/s1. The van der Waals surface area contributed by atoms with E-state index in [1.54, 1.807) is 6.92 Å². The largest absolute Gasteiger partial charge is 0.454 e. The van der Waals surface area contributed by atoms with Crippen LogP contribution >= 0.6 is 0 Å². The molecule has 2 N–H and O–H groups in total. The van der Waals surface area contributed by atoms with Gasteiger partial charge in [-0.3, -0.25) is 29.4 Å². The van der Waals surface area contributed by atoms with Gasteiger partial charge in [0.15, 0.2) is 6.61 Å². The summed E-state index contributed by atoms with van der Waals surface area (Å²) in [5.41, 5.74) is 0. The zero-order valence-electron chi connectivity index (χ0n) is 14.8. The molecule has 0 unspecified atom stereocenters. The van der Waals surface area contributed by atoms with Crippen molar-refractivity contribution in [3.8, 4) is 0 Å². The third kappa shape index (κ3) is 4.68. The van der Waals surface area contributed by atoms with E-state index in [9.17, 15) is 24.0 Å². The number of nitrogens with one attached hydrogen (secondary N) is 2. The minimum Gasteiger partial charge on any atom is -0.454 e. The van der Waals surface area contributed by atoms with Gasteiger partial charge >= 0.3 is 12.0 Å². The fourth-order valence-corrected chi connectivity index (χ4v) is 2.87. The molecule has 1 aliphatic heterocycles. The summed E-state index contributed by atoms with van der Waals surface area (Å²) in [6.45, 7) is 2.46. The predicted octanol–water partition coefficient (Wildman–Crippen LogP) is 0.105. The number of fused-ring (bicyclic) bond motifs is 1.